The largest absolute Gasteiger partial charge is 0.396 e. The SMILES string of the molecule is Nc1c(-c2nc3ccccc3[nH]c2=O)[nH]c2ccc(C(=O)Nc3ccc4[nH]ccc4c3)cc12. The number of carbonyl (C=O) groups excluding carboxylic acids is 1. The molecule has 6 aromatic rings. The molecule has 1 amide bonds. The van der Waals surface area contributed by atoms with Gasteiger partial charge in [-0.25, -0.2) is 4.98 Å². The van der Waals surface area contributed by atoms with E-state index in [1.165, 1.54) is 0 Å². The second kappa shape index (κ2) is 7.10. The smallest absolute Gasteiger partial charge is 0.276 e. The number of benzene rings is 3. The third-order valence-electron chi connectivity index (χ3n) is 5.75. The quantitative estimate of drug-likeness (QED) is 0.283. The van der Waals surface area contributed by atoms with Gasteiger partial charge in [0.1, 0.15) is 0 Å². The Morgan fingerprint density at radius 3 is 2.67 bits per heavy atom. The molecular weight excluding hydrogens is 416 g/mol. The van der Waals surface area contributed by atoms with Crippen LogP contribution in [0.3, 0.4) is 0 Å². The maximum absolute atomic E-state index is 12.9. The molecule has 3 aromatic heterocycles. The summed E-state index contributed by atoms with van der Waals surface area (Å²) in [6.45, 7) is 0. The van der Waals surface area contributed by atoms with Gasteiger partial charge in [-0.05, 0) is 54.6 Å². The highest BCUT2D eigenvalue weighted by Gasteiger charge is 2.17. The van der Waals surface area contributed by atoms with Crippen molar-refractivity contribution in [2.75, 3.05) is 11.1 Å². The van der Waals surface area contributed by atoms with Crippen molar-refractivity contribution in [1.82, 2.24) is 19.9 Å². The van der Waals surface area contributed by atoms with E-state index in [4.69, 9.17) is 5.73 Å². The zero-order valence-corrected chi connectivity index (χ0v) is 17.3. The Morgan fingerprint density at radius 2 is 1.76 bits per heavy atom. The highest BCUT2D eigenvalue weighted by molar-refractivity contribution is 6.09. The van der Waals surface area contributed by atoms with E-state index in [1.807, 2.05) is 48.7 Å². The number of rotatable bonds is 3. The van der Waals surface area contributed by atoms with Crippen LogP contribution < -0.4 is 16.6 Å². The van der Waals surface area contributed by atoms with Crippen LogP contribution >= 0.6 is 0 Å². The lowest BCUT2D eigenvalue weighted by molar-refractivity contribution is 0.102. The van der Waals surface area contributed by atoms with Gasteiger partial charge in [-0.1, -0.05) is 12.1 Å². The van der Waals surface area contributed by atoms with Crippen molar-refractivity contribution in [3.63, 3.8) is 0 Å². The summed E-state index contributed by atoms with van der Waals surface area (Å²) < 4.78 is 0. The van der Waals surface area contributed by atoms with Crippen LogP contribution in [0.15, 0.2) is 77.7 Å². The number of para-hydroxylation sites is 2. The average Bonchev–Trinajstić information content (AvgIpc) is 3.42. The van der Waals surface area contributed by atoms with Gasteiger partial charge in [0, 0.05) is 39.3 Å². The number of H-pyrrole nitrogens is 3. The summed E-state index contributed by atoms with van der Waals surface area (Å²) >= 11 is 0. The topological polar surface area (TPSA) is 132 Å². The van der Waals surface area contributed by atoms with Gasteiger partial charge in [0.15, 0.2) is 5.69 Å². The molecule has 0 fully saturated rings. The number of nitrogens with two attached hydrogens (primary N) is 1. The number of hydrogen-bond donors (Lipinski definition) is 5. The number of aromatic amines is 3. The maximum atomic E-state index is 12.9. The Balaban J connectivity index is 1.38. The minimum Gasteiger partial charge on any atom is -0.396 e. The molecule has 0 aliphatic heterocycles. The van der Waals surface area contributed by atoms with Gasteiger partial charge >= 0.3 is 0 Å². The minimum atomic E-state index is -0.343. The fourth-order valence-electron chi connectivity index (χ4n) is 4.07. The van der Waals surface area contributed by atoms with E-state index >= 15 is 0 Å². The fraction of sp³-hybridized carbons (Fsp3) is 0. The molecule has 0 saturated carbocycles. The van der Waals surface area contributed by atoms with E-state index in [1.54, 1.807) is 24.3 Å². The summed E-state index contributed by atoms with van der Waals surface area (Å²) in [7, 11) is 0. The number of nitrogens with one attached hydrogen (secondary N) is 4. The highest BCUT2D eigenvalue weighted by atomic mass is 16.1. The van der Waals surface area contributed by atoms with Crippen LogP contribution in [-0.2, 0) is 0 Å². The van der Waals surface area contributed by atoms with Crippen molar-refractivity contribution in [3.8, 4) is 11.4 Å². The number of carbonyl (C=O) groups is 1. The molecule has 0 radical (unpaired) electrons. The molecule has 0 saturated heterocycles. The summed E-state index contributed by atoms with van der Waals surface area (Å²) in [5, 5.41) is 4.58. The van der Waals surface area contributed by atoms with Gasteiger partial charge in [0.2, 0.25) is 0 Å². The molecule has 8 nitrogen and oxygen atoms in total. The van der Waals surface area contributed by atoms with Gasteiger partial charge in [-0.3, -0.25) is 9.59 Å². The first-order chi connectivity index (χ1) is 16.1. The Bertz CT molecular complexity index is 1760. The summed E-state index contributed by atoms with van der Waals surface area (Å²) in [5.74, 6) is -0.254. The first-order valence-corrected chi connectivity index (χ1v) is 10.4. The van der Waals surface area contributed by atoms with Crippen LogP contribution in [0.2, 0.25) is 0 Å². The molecule has 33 heavy (non-hydrogen) atoms. The molecule has 0 atom stereocenters. The summed E-state index contributed by atoms with van der Waals surface area (Å²) in [6, 6.07) is 20.1. The van der Waals surface area contributed by atoms with Gasteiger partial charge in [0.25, 0.3) is 11.5 Å². The van der Waals surface area contributed by atoms with E-state index in [2.05, 4.69) is 25.3 Å². The van der Waals surface area contributed by atoms with Crippen LogP contribution in [0.25, 0.3) is 44.2 Å². The minimum absolute atomic E-state index is 0.202. The number of fused-ring (bicyclic) bond motifs is 3. The molecule has 6 rings (SSSR count). The van der Waals surface area contributed by atoms with Crippen LogP contribution in [0.5, 0.6) is 0 Å². The number of nitrogen functional groups attached to an aromatic ring is 1. The molecular formula is C25H18N6O2. The van der Waals surface area contributed by atoms with Gasteiger partial charge < -0.3 is 26.0 Å². The van der Waals surface area contributed by atoms with Crippen molar-refractivity contribution in [1.29, 1.82) is 0 Å². The summed E-state index contributed by atoms with van der Waals surface area (Å²) in [6.07, 6.45) is 1.85. The first-order valence-electron chi connectivity index (χ1n) is 10.4. The third-order valence-corrected chi connectivity index (χ3v) is 5.75. The van der Waals surface area contributed by atoms with E-state index in [9.17, 15) is 9.59 Å². The molecule has 3 heterocycles. The Labute approximate surface area is 186 Å². The first kappa shape index (κ1) is 18.9. The van der Waals surface area contributed by atoms with Gasteiger partial charge in [-0.15, -0.1) is 0 Å². The van der Waals surface area contributed by atoms with Crippen molar-refractivity contribution < 1.29 is 4.79 Å². The fourth-order valence-corrected chi connectivity index (χ4v) is 4.07. The van der Waals surface area contributed by atoms with Crippen molar-refractivity contribution in [2.24, 2.45) is 0 Å². The zero-order valence-electron chi connectivity index (χ0n) is 17.3. The molecule has 3 aromatic carbocycles. The standard InChI is InChI=1S/C25H18N6O2/c26-21-16-12-14(24(32)28-15-6-8-17-13(11-15)9-10-27-17)5-7-18(16)29-22(21)23-25(33)31-20-4-2-1-3-19(20)30-23/h1-12,27,29H,26H2,(H,28,32)(H,31,33). The number of hydrogen-bond acceptors (Lipinski definition) is 4. The second-order valence-corrected chi connectivity index (χ2v) is 7.84. The van der Waals surface area contributed by atoms with E-state index in [0.717, 1.165) is 10.9 Å². The molecule has 8 heteroatoms. The normalized spacial score (nSPS) is 11.4. The number of nitrogens with zero attached hydrogens (tertiary/aromatic N) is 1. The zero-order chi connectivity index (χ0) is 22.5. The molecule has 160 valence electrons. The Morgan fingerprint density at radius 1 is 0.909 bits per heavy atom. The van der Waals surface area contributed by atoms with Crippen molar-refractivity contribution in [3.05, 3.63) is 88.8 Å². The second-order valence-electron chi connectivity index (χ2n) is 7.84. The van der Waals surface area contributed by atoms with Crippen LogP contribution in [-0.4, -0.2) is 25.8 Å². The molecule has 0 unspecified atom stereocenters. The lowest BCUT2D eigenvalue weighted by Crippen LogP contribution is -2.12. The van der Waals surface area contributed by atoms with Gasteiger partial charge in [0.05, 0.1) is 22.4 Å². The average molecular weight is 434 g/mol. The lowest BCUT2D eigenvalue weighted by atomic mass is 10.1. The van der Waals surface area contributed by atoms with Crippen molar-refractivity contribution in [2.45, 2.75) is 0 Å². The monoisotopic (exact) mass is 434 g/mol. The molecule has 0 aliphatic carbocycles. The molecule has 6 N–H and O–H groups in total. The predicted octanol–water partition coefficient (Wildman–Crippen LogP) is 4.39. The van der Waals surface area contributed by atoms with Crippen LogP contribution in [0.4, 0.5) is 11.4 Å². The number of anilines is 2. The molecule has 0 bridgehead atoms. The maximum Gasteiger partial charge on any atom is 0.276 e. The summed E-state index contributed by atoms with van der Waals surface area (Å²) in [5.41, 5.74) is 11.2. The molecule has 0 spiro atoms. The van der Waals surface area contributed by atoms with Crippen LogP contribution in [0, 0.1) is 0 Å². The number of amides is 1. The third kappa shape index (κ3) is 3.12. The molecule has 0 aliphatic rings. The van der Waals surface area contributed by atoms with Crippen molar-refractivity contribution >= 4 is 50.1 Å². The van der Waals surface area contributed by atoms with E-state index in [0.29, 0.717) is 44.6 Å². The lowest BCUT2D eigenvalue weighted by Gasteiger charge is -2.06. The Kier molecular flexibility index (Phi) is 4.06. The number of aromatic nitrogens is 4. The summed E-state index contributed by atoms with van der Waals surface area (Å²) in [4.78, 5) is 39.2. The Hall–Kier alpha value is -4.85. The van der Waals surface area contributed by atoms with E-state index < -0.39 is 0 Å². The predicted molar refractivity (Wildman–Crippen MR) is 130 cm³/mol. The van der Waals surface area contributed by atoms with Gasteiger partial charge in [-0.2, -0.15) is 0 Å². The highest BCUT2D eigenvalue weighted by Crippen LogP contribution is 2.31. The van der Waals surface area contributed by atoms with E-state index in [-0.39, 0.29) is 17.2 Å². The van der Waals surface area contributed by atoms with Crippen LogP contribution in [0.1, 0.15) is 10.4 Å².